The van der Waals surface area contributed by atoms with Gasteiger partial charge in [-0.25, -0.2) is 9.50 Å². The number of nitrogens with one attached hydrogen (secondary N) is 1. The molecule has 12 heteroatoms. The minimum Gasteiger partial charge on any atom is -0.450 e. The third-order valence-electron chi connectivity index (χ3n) is 6.49. The molecule has 0 saturated heterocycles. The molecule has 0 radical (unpaired) electrons. The molecule has 11 nitrogen and oxygen atoms in total. The van der Waals surface area contributed by atoms with E-state index in [4.69, 9.17) is 21.4 Å². The zero-order chi connectivity index (χ0) is 25.2. The number of hydrogen-bond acceptors (Lipinski definition) is 8. The van der Waals surface area contributed by atoms with Gasteiger partial charge in [-0.1, -0.05) is 32.4 Å². The molecule has 1 fully saturated rings. The first-order chi connectivity index (χ1) is 17.2. The smallest absolute Gasteiger partial charge is 0.210 e. The largest absolute Gasteiger partial charge is 0.450 e. The van der Waals surface area contributed by atoms with Crippen LogP contribution in [0.3, 0.4) is 0 Å². The number of hydrogen-bond donors (Lipinski definition) is 2. The number of halogens is 1. The van der Waals surface area contributed by atoms with Crippen molar-refractivity contribution in [3.05, 3.63) is 47.8 Å². The van der Waals surface area contributed by atoms with Gasteiger partial charge in [0.1, 0.15) is 16.1 Å². The molecule has 5 heterocycles. The lowest BCUT2D eigenvalue weighted by Gasteiger charge is -2.34. The van der Waals surface area contributed by atoms with Gasteiger partial charge in [0.2, 0.25) is 5.95 Å². The van der Waals surface area contributed by atoms with E-state index < -0.39 is 0 Å². The number of aliphatic hydroxyl groups is 1. The summed E-state index contributed by atoms with van der Waals surface area (Å²) in [7, 11) is 1.86. The Kier molecular flexibility index (Phi) is 5.16. The second kappa shape index (κ2) is 8.17. The standard InChI is InChI=1S/C24H26ClN9O2/c1-24(2,3)18-9-19(31-34(18)13-7-14(35)8-13)29-23-30-22-21(32(23)4)20(25)17(11-27-22)36-16-12-28-33-6-5-26-10-15(16)33/h5-6,9-14,35H,7-8H2,1-4H3,(H,27,29,30,31)/t13-,14-. The van der Waals surface area contributed by atoms with E-state index in [1.165, 1.54) is 0 Å². The third kappa shape index (κ3) is 3.75. The van der Waals surface area contributed by atoms with Gasteiger partial charge in [0, 0.05) is 36.6 Å². The minimum atomic E-state index is -0.259. The molecule has 5 aromatic rings. The van der Waals surface area contributed by atoms with E-state index in [0.717, 1.165) is 5.69 Å². The van der Waals surface area contributed by atoms with E-state index >= 15 is 0 Å². The first-order valence-electron chi connectivity index (χ1n) is 11.7. The summed E-state index contributed by atoms with van der Waals surface area (Å²) in [5.41, 5.74) is 2.81. The molecular weight excluding hydrogens is 482 g/mol. The maximum absolute atomic E-state index is 9.81. The van der Waals surface area contributed by atoms with Crippen LogP contribution in [-0.4, -0.2) is 50.1 Å². The molecule has 0 aliphatic heterocycles. The summed E-state index contributed by atoms with van der Waals surface area (Å²) in [4.78, 5) is 13.2. The Balaban J connectivity index is 1.33. The van der Waals surface area contributed by atoms with Gasteiger partial charge in [0.05, 0.1) is 30.7 Å². The third-order valence-corrected chi connectivity index (χ3v) is 6.86. The molecule has 0 aromatic carbocycles. The number of ether oxygens (including phenoxy) is 1. The van der Waals surface area contributed by atoms with E-state index in [0.29, 0.717) is 57.8 Å². The van der Waals surface area contributed by atoms with E-state index in [2.05, 4.69) is 46.1 Å². The van der Waals surface area contributed by atoms with Crippen LogP contribution in [0.1, 0.15) is 45.3 Å². The molecule has 6 rings (SSSR count). The van der Waals surface area contributed by atoms with Crippen molar-refractivity contribution in [2.24, 2.45) is 7.05 Å². The van der Waals surface area contributed by atoms with Gasteiger partial charge in [-0.2, -0.15) is 15.2 Å². The van der Waals surface area contributed by atoms with Crippen LogP contribution in [0.4, 0.5) is 11.8 Å². The van der Waals surface area contributed by atoms with Gasteiger partial charge in [0.15, 0.2) is 23.0 Å². The van der Waals surface area contributed by atoms with Crippen molar-refractivity contribution < 1.29 is 9.84 Å². The Labute approximate surface area is 211 Å². The SMILES string of the molecule is Cn1c(Nc2cc(C(C)(C)C)n([C@H]3C[C@H](O)C3)n2)nc2ncc(Oc3cnn4ccncc34)c(Cl)c21. The molecule has 0 spiro atoms. The summed E-state index contributed by atoms with van der Waals surface area (Å²) in [6.45, 7) is 6.46. The average Bonchev–Trinajstić information content (AvgIpc) is 3.50. The minimum absolute atomic E-state index is 0.107. The van der Waals surface area contributed by atoms with Crippen molar-refractivity contribution in [2.45, 2.75) is 51.2 Å². The number of aryl methyl sites for hydroxylation is 1. The van der Waals surface area contributed by atoms with Gasteiger partial charge in [0.25, 0.3) is 0 Å². The Bertz CT molecular complexity index is 1590. The number of pyridine rings is 1. The average molecular weight is 508 g/mol. The highest BCUT2D eigenvalue weighted by molar-refractivity contribution is 6.36. The topological polar surface area (TPSA) is 120 Å². The van der Waals surface area contributed by atoms with Gasteiger partial charge < -0.3 is 19.7 Å². The lowest BCUT2D eigenvalue weighted by atomic mass is 9.87. The number of fused-ring (bicyclic) bond motifs is 2. The molecule has 0 unspecified atom stereocenters. The molecule has 0 bridgehead atoms. The highest BCUT2D eigenvalue weighted by atomic mass is 35.5. The Morgan fingerprint density at radius 3 is 2.72 bits per heavy atom. The molecular formula is C24H26ClN9O2. The molecule has 2 N–H and O–H groups in total. The highest BCUT2D eigenvalue weighted by Crippen LogP contribution is 2.39. The Morgan fingerprint density at radius 1 is 1.17 bits per heavy atom. The number of nitrogens with zero attached hydrogens (tertiary/aromatic N) is 8. The fraction of sp³-hybridized carbons (Fsp3) is 0.375. The fourth-order valence-corrected chi connectivity index (χ4v) is 4.77. The maximum Gasteiger partial charge on any atom is 0.210 e. The van der Waals surface area contributed by atoms with Crippen LogP contribution in [0.15, 0.2) is 37.1 Å². The predicted molar refractivity (Wildman–Crippen MR) is 135 cm³/mol. The van der Waals surface area contributed by atoms with Gasteiger partial charge >= 0.3 is 0 Å². The summed E-state index contributed by atoms with van der Waals surface area (Å²) in [6, 6.07) is 2.23. The van der Waals surface area contributed by atoms with Crippen molar-refractivity contribution in [3.63, 3.8) is 0 Å². The molecule has 1 saturated carbocycles. The molecule has 36 heavy (non-hydrogen) atoms. The zero-order valence-electron chi connectivity index (χ0n) is 20.3. The van der Waals surface area contributed by atoms with Gasteiger partial charge in [-0.3, -0.25) is 9.67 Å². The summed E-state index contributed by atoms with van der Waals surface area (Å²) in [5, 5.41) is 22.6. The van der Waals surface area contributed by atoms with Gasteiger partial charge in [-0.15, -0.1) is 0 Å². The Hall–Kier alpha value is -3.70. The van der Waals surface area contributed by atoms with E-state index in [-0.39, 0.29) is 17.6 Å². The summed E-state index contributed by atoms with van der Waals surface area (Å²) < 4.78 is 11.6. The van der Waals surface area contributed by atoms with Crippen molar-refractivity contribution >= 4 is 40.0 Å². The first-order valence-corrected chi connectivity index (χ1v) is 12.1. The van der Waals surface area contributed by atoms with Crippen molar-refractivity contribution in [1.82, 2.24) is 38.9 Å². The van der Waals surface area contributed by atoms with Crippen molar-refractivity contribution in [3.8, 4) is 11.5 Å². The molecule has 0 atom stereocenters. The van der Waals surface area contributed by atoms with E-state index in [1.54, 1.807) is 35.5 Å². The number of rotatable bonds is 5. The lowest BCUT2D eigenvalue weighted by Crippen LogP contribution is -2.34. The number of aromatic nitrogens is 8. The number of aliphatic hydroxyl groups excluding tert-OH is 1. The van der Waals surface area contributed by atoms with Crippen LogP contribution in [0.2, 0.25) is 5.02 Å². The molecule has 1 aliphatic rings. The quantitative estimate of drug-likeness (QED) is 0.359. The van der Waals surface area contributed by atoms with Crippen molar-refractivity contribution in [1.29, 1.82) is 0 Å². The zero-order valence-corrected chi connectivity index (χ0v) is 21.1. The predicted octanol–water partition coefficient (Wildman–Crippen LogP) is 4.39. The van der Waals surface area contributed by atoms with Crippen LogP contribution < -0.4 is 10.1 Å². The maximum atomic E-state index is 9.81. The van der Waals surface area contributed by atoms with Crippen LogP contribution in [-0.2, 0) is 12.5 Å². The summed E-state index contributed by atoms with van der Waals surface area (Å²) in [6.07, 6.45) is 9.38. The lowest BCUT2D eigenvalue weighted by molar-refractivity contribution is 0.0411. The molecule has 186 valence electrons. The van der Waals surface area contributed by atoms with E-state index in [1.807, 2.05) is 22.4 Å². The highest BCUT2D eigenvalue weighted by Gasteiger charge is 2.34. The molecule has 5 aromatic heterocycles. The van der Waals surface area contributed by atoms with Crippen molar-refractivity contribution in [2.75, 3.05) is 5.32 Å². The van der Waals surface area contributed by atoms with Crippen LogP contribution >= 0.6 is 11.6 Å². The molecule has 1 aliphatic carbocycles. The normalized spacial score (nSPS) is 18.1. The summed E-state index contributed by atoms with van der Waals surface area (Å²) >= 11 is 6.76. The van der Waals surface area contributed by atoms with E-state index in [9.17, 15) is 5.11 Å². The second-order valence-electron chi connectivity index (χ2n) is 10.1. The fourth-order valence-electron chi connectivity index (χ4n) is 4.47. The number of anilines is 2. The second-order valence-corrected chi connectivity index (χ2v) is 10.5. The molecule has 0 amide bonds. The van der Waals surface area contributed by atoms with Gasteiger partial charge in [-0.05, 0) is 12.8 Å². The van der Waals surface area contributed by atoms with Crippen LogP contribution in [0, 0.1) is 0 Å². The van der Waals surface area contributed by atoms with Crippen LogP contribution in [0.25, 0.3) is 16.7 Å². The summed E-state index contributed by atoms with van der Waals surface area (Å²) in [5.74, 6) is 2.13. The number of imidazole rings is 1. The van der Waals surface area contributed by atoms with Crippen LogP contribution in [0.5, 0.6) is 11.5 Å². The Morgan fingerprint density at radius 2 is 1.97 bits per heavy atom. The first kappa shape index (κ1) is 22.7. The monoisotopic (exact) mass is 507 g/mol.